The summed E-state index contributed by atoms with van der Waals surface area (Å²) in [4.78, 5) is 0. The summed E-state index contributed by atoms with van der Waals surface area (Å²) >= 11 is 0. The summed E-state index contributed by atoms with van der Waals surface area (Å²) in [7, 11) is 0. The molecule has 82 valence electrons. The van der Waals surface area contributed by atoms with Crippen molar-refractivity contribution >= 4 is 0 Å². The van der Waals surface area contributed by atoms with Crippen molar-refractivity contribution in [3.63, 3.8) is 0 Å². The standard InChI is InChI=1S/C16H18/c1-13(2)5-7-15-9-11-16(12-10-15)8-6-14(3)4/h9-14H,1-4H3. The molecule has 1 rings (SSSR count). The molecule has 0 aliphatic carbocycles. The molecule has 1 aromatic rings. The van der Waals surface area contributed by atoms with E-state index in [1.165, 1.54) is 0 Å². The fourth-order valence-electron chi connectivity index (χ4n) is 1.09. The molecule has 16 heavy (non-hydrogen) atoms. The lowest BCUT2D eigenvalue weighted by molar-refractivity contribution is 0.866. The molecule has 0 atom stereocenters. The minimum Gasteiger partial charge on any atom is -0.0951 e. The molecular formula is C16H18. The molecule has 0 radical (unpaired) electrons. The first-order valence-electron chi connectivity index (χ1n) is 5.71. The van der Waals surface area contributed by atoms with Crippen LogP contribution in [0.5, 0.6) is 0 Å². The summed E-state index contributed by atoms with van der Waals surface area (Å²) in [5.41, 5.74) is 2.12. The van der Waals surface area contributed by atoms with Gasteiger partial charge >= 0.3 is 0 Å². The fraction of sp³-hybridized carbons (Fsp3) is 0.375. The second-order valence-electron chi connectivity index (χ2n) is 4.43. The molecule has 0 aliphatic heterocycles. The molecule has 0 saturated heterocycles. The van der Waals surface area contributed by atoms with E-state index in [0.717, 1.165) is 11.1 Å². The third-order valence-electron chi connectivity index (χ3n) is 1.90. The number of hydrogen-bond donors (Lipinski definition) is 0. The molecule has 0 aliphatic rings. The van der Waals surface area contributed by atoms with Gasteiger partial charge in [-0.15, -0.1) is 0 Å². The van der Waals surface area contributed by atoms with Crippen LogP contribution in [0.4, 0.5) is 0 Å². The smallest absolute Gasteiger partial charge is 0.0246 e. The first kappa shape index (κ1) is 12.4. The Morgan fingerprint density at radius 2 is 1.00 bits per heavy atom. The Kier molecular flexibility index (Phi) is 4.68. The highest BCUT2D eigenvalue weighted by atomic mass is 13.9. The van der Waals surface area contributed by atoms with Crippen molar-refractivity contribution in [3.8, 4) is 23.7 Å². The summed E-state index contributed by atoms with van der Waals surface area (Å²) in [6.07, 6.45) is 0. The Labute approximate surface area is 99.1 Å². The quantitative estimate of drug-likeness (QED) is 0.573. The van der Waals surface area contributed by atoms with Crippen LogP contribution >= 0.6 is 0 Å². The maximum Gasteiger partial charge on any atom is 0.0246 e. The Balaban J connectivity index is 2.78. The number of benzene rings is 1. The van der Waals surface area contributed by atoms with E-state index in [1.54, 1.807) is 0 Å². The fourth-order valence-corrected chi connectivity index (χ4v) is 1.09. The van der Waals surface area contributed by atoms with Gasteiger partial charge in [0.25, 0.3) is 0 Å². The molecule has 1 aromatic carbocycles. The molecule has 0 heterocycles. The van der Waals surface area contributed by atoms with Gasteiger partial charge in [0.2, 0.25) is 0 Å². The van der Waals surface area contributed by atoms with Crippen molar-refractivity contribution < 1.29 is 0 Å². The van der Waals surface area contributed by atoms with Gasteiger partial charge in [-0.3, -0.25) is 0 Å². The lowest BCUT2D eigenvalue weighted by Gasteiger charge is -1.93. The Bertz CT molecular complexity index is 394. The predicted molar refractivity (Wildman–Crippen MR) is 69.9 cm³/mol. The van der Waals surface area contributed by atoms with E-state index in [2.05, 4.69) is 51.4 Å². The highest BCUT2D eigenvalue weighted by molar-refractivity contribution is 5.42. The zero-order chi connectivity index (χ0) is 12.0. The largest absolute Gasteiger partial charge is 0.0951 e. The molecule has 0 N–H and O–H groups in total. The van der Waals surface area contributed by atoms with Crippen LogP contribution in [0.1, 0.15) is 38.8 Å². The molecule has 0 saturated carbocycles. The van der Waals surface area contributed by atoms with Crippen molar-refractivity contribution in [2.75, 3.05) is 0 Å². The molecule has 0 fully saturated rings. The summed E-state index contributed by atoms with van der Waals surface area (Å²) in [6.45, 7) is 8.37. The molecule has 0 nitrogen and oxygen atoms in total. The van der Waals surface area contributed by atoms with Crippen molar-refractivity contribution in [1.82, 2.24) is 0 Å². The van der Waals surface area contributed by atoms with E-state index >= 15 is 0 Å². The van der Waals surface area contributed by atoms with Gasteiger partial charge in [-0.1, -0.05) is 51.4 Å². The molecule has 0 heteroatoms. The van der Waals surface area contributed by atoms with E-state index < -0.39 is 0 Å². The first-order valence-corrected chi connectivity index (χ1v) is 5.71. The van der Waals surface area contributed by atoms with Crippen molar-refractivity contribution in [2.45, 2.75) is 27.7 Å². The molecule has 0 aromatic heterocycles. The van der Waals surface area contributed by atoms with E-state index in [0.29, 0.717) is 11.8 Å². The number of hydrogen-bond acceptors (Lipinski definition) is 0. The zero-order valence-electron chi connectivity index (χ0n) is 10.5. The Morgan fingerprint density at radius 3 is 1.25 bits per heavy atom. The topological polar surface area (TPSA) is 0 Å². The van der Waals surface area contributed by atoms with E-state index in [9.17, 15) is 0 Å². The van der Waals surface area contributed by atoms with Crippen LogP contribution in [0, 0.1) is 35.5 Å². The molecule has 0 unspecified atom stereocenters. The lowest BCUT2D eigenvalue weighted by atomic mass is 10.1. The van der Waals surface area contributed by atoms with Crippen molar-refractivity contribution in [3.05, 3.63) is 35.4 Å². The van der Waals surface area contributed by atoms with E-state index in [1.807, 2.05) is 24.3 Å². The lowest BCUT2D eigenvalue weighted by Crippen LogP contribution is -1.82. The van der Waals surface area contributed by atoms with Gasteiger partial charge in [0.05, 0.1) is 0 Å². The molecule has 0 amide bonds. The van der Waals surface area contributed by atoms with E-state index in [-0.39, 0.29) is 0 Å². The number of rotatable bonds is 0. The van der Waals surface area contributed by atoms with Crippen LogP contribution in [-0.2, 0) is 0 Å². The zero-order valence-corrected chi connectivity index (χ0v) is 10.5. The summed E-state index contributed by atoms with van der Waals surface area (Å²) < 4.78 is 0. The van der Waals surface area contributed by atoms with Crippen LogP contribution in [0.3, 0.4) is 0 Å². The first-order chi connectivity index (χ1) is 7.58. The minimum absolute atomic E-state index is 0.417. The summed E-state index contributed by atoms with van der Waals surface area (Å²) in [6, 6.07) is 8.11. The minimum atomic E-state index is 0.417. The van der Waals surface area contributed by atoms with Gasteiger partial charge in [0.1, 0.15) is 0 Å². The van der Waals surface area contributed by atoms with Gasteiger partial charge in [-0.2, -0.15) is 0 Å². The van der Waals surface area contributed by atoms with Gasteiger partial charge < -0.3 is 0 Å². The molecule has 0 bridgehead atoms. The maximum atomic E-state index is 3.15. The third-order valence-corrected chi connectivity index (χ3v) is 1.90. The highest BCUT2D eigenvalue weighted by Gasteiger charge is 1.89. The second-order valence-corrected chi connectivity index (χ2v) is 4.43. The molecular weight excluding hydrogens is 192 g/mol. The van der Waals surface area contributed by atoms with Gasteiger partial charge in [0.15, 0.2) is 0 Å². The SMILES string of the molecule is CC(C)C#Cc1ccc(C#CC(C)C)cc1. The third kappa shape index (κ3) is 4.72. The average Bonchev–Trinajstić information content (AvgIpc) is 2.25. The van der Waals surface area contributed by atoms with Gasteiger partial charge in [0, 0.05) is 23.0 Å². The summed E-state index contributed by atoms with van der Waals surface area (Å²) in [5, 5.41) is 0. The van der Waals surface area contributed by atoms with Crippen LogP contribution in [-0.4, -0.2) is 0 Å². The van der Waals surface area contributed by atoms with Crippen LogP contribution in [0.15, 0.2) is 24.3 Å². The predicted octanol–water partition coefficient (Wildman–Crippen LogP) is 3.70. The average molecular weight is 210 g/mol. The normalized spacial score (nSPS) is 9.38. The Hall–Kier alpha value is -1.66. The van der Waals surface area contributed by atoms with Crippen LogP contribution in [0.2, 0.25) is 0 Å². The maximum absolute atomic E-state index is 3.15. The Morgan fingerprint density at radius 1 is 0.688 bits per heavy atom. The monoisotopic (exact) mass is 210 g/mol. The van der Waals surface area contributed by atoms with Crippen LogP contribution in [0.25, 0.3) is 0 Å². The van der Waals surface area contributed by atoms with Crippen molar-refractivity contribution in [1.29, 1.82) is 0 Å². The second kappa shape index (κ2) is 6.04. The van der Waals surface area contributed by atoms with Crippen molar-refractivity contribution in [2.24, 2.45) is 11.8 Å². The highest BCUT2D eigenvalue weighted by Crippen LogP contribution is 2.03. The van der Waals surface area contributed by atoms with E-state index in [4.69, 9.17) is 0 Å². The van der Waals surface area contributed by atoms with Crippen LogP contribution < -0.4 is 0 Å². The molecule has 0 spiro atoms. The van der Waals surface area contributed by atoms with Gasteiger partial charge in [-0.05, 0) is 24.3 Å². The summed E-state index contributed by atoms with van der Waals surface area (Å²) in [5.74, 6) is 13.4. The van der Waals surface area contributed by atoms with Gasteiger partial charge in [-0.25, -0.2) is 0 Å².